The molecule has 14 aromatic carbocycles. The van der Waals surface area contributed by atoms with Crippen LogP contribution in [0.4, 0.5) is 0 Å². The van der Waals surface area contributed by atoms with Crippen LogP contribution in [0, 0.1) is 27.7 Å². The number of aryl methyl sites for hydroxylation is 4. The van der Waals surface area contributed by atoms with Gasteiger partial charge >= 0.3 is 110 Å². The van der Waals surface area contributed by atoms with Gasteiger partial charge in [-0.15, -0.1) is 163 Å². The summed E-state index contributed by atoms with van der Waals surface area (Å²) in [5.74, 6) is 0. The van der Waals surface area contributed by atoms with Gasteiger partial charge < -0.3 is 49.6 Å². The van der Waals surface area contributed by atoms with Crippen LogP contribution >= 0.6 is 24.8 Å². The smallest absolute Gasteiger partial charge is 1.00 e. The number of hydrogen-bond donors (Lipinski definition) is 0. The fraction of sp³-hybridized carbons (Fsp3) is 0.105. The van der Waals surface area contributed by atoms with Crippen molar-refractivity contribution >= 4 is 100 Å². The van der Waals surface area contributed by atoms with E-state index in [0.717, 1.165) is 0 Å². The van der Waals surface area contributed by atoms with Crippen LogP contribution < -0.4 is 49.6 Å². The van der Waals surface area contributed by atoms with Crippen molar-refractivity contribution in [3.63, 3.8) is 0 Å². The monoisotopic (exact) mass is 1520 g/mol. The zero-order chi connectivity index (χ0) is 56.1. The Kier molecular flexibility index (Phi) is 35.1. The van der Waals surface area contributed by atoms with Gasteiger partial charge in [0, 0.05) is 0 Å². The molecule has 0 nitrogen and oxygen atoms in total. The summed E-state index contributed by atoms with van der Waals surface area (Å²) in [7, 11) is 0. The summed E-state index contributed by atoms with van der Waals surface area (Å²) in [4.78, 5) is 0. The zero-order valence-electron chi connectivity index (χ0n) is 50.2. The molecule has 0 saturated carbocycles. The summed E-state index contributed by atoms with van der Waals surface area (Å²) in [6.45, 7) is 17.8. The van der Waals surface area contributed by atoms with Gasteiger partial charge in [0.05, 0.1) is 0 Å². The molecular weight excluding hydrogens is 1460 g/mol. The molecule has 11 heteroatoms. The molecule has 0 aromatic heterocycles. The molecule has 14 aromatic rings. The third-order valence-electron chi connectivity index (χ3n) is 13.9. The topological polar surface area (TPSA) is 0 Å². The minimum absolute atomic E-state index is 0. The minimum atomic E-state index is 0. The van der Waals surface area contributed by atoms with Gasteiger partial charge in [-0.2, -0.15) is 24.3 Å². The Morgan fingerprint density at radius 1 is 0.264 bits per heavy atom. The van der Waals surface area contributed by atoms with E-state index < -0.39 is 0 Å². The van der Waals surface area contributed by atoms with Crippen molar-refractivity contribution in [3.05, 3.63) is 289 Å². The quantitative estimate of drug-likeness (QED) is 0.122. The normalized spacial score (nSPS) is 9.79. The van der Waals surface area contributed by atoms with Gasteiger partial charge in [-0.1, -0.05) is 208 Å². The Balaban J connectivity index is 0.000000371. The summed E-state index contributed by atoms with van der Waals surface area (Å²) in [6, 6.07) is 95.7. The van der Waals surface area contributed by atoms with Gasteiger partial charge in [-0.25, -0.2) is 0 Å². The van der Waals surface area contributed by atoms with Crippen LogP contribution in [0.25, 0.3) is 109 Å². The molecule has 0 radical (unpaired) electrons. The van der Waals surface area contributed by atoms with Crippen LogP contribution in [0.5, 0.6) is 0 Å². The van der Waals surface area contributed by atoms with Crippen LogP contribution in [0.2, 0.25) is 26.2 Å². The summed E-state index contributed by atoms with van der Waals surface area (Å²) in [6.07, 6.45) is 0. The molecular formula is C76H70Cl6Si2Zr3. The van der Waals surface area contributed by atoms with Crippen molar-refractivity contribution in [2.75, 3.05) is 0 Å². The maximum atomic E-state index is 2.31. The van der Waals surface area contributed by atoms with Crippen LogP contribution in [-0.2, 0) is 72.9 Å². The van der Waals surface area contributed by atoms with Crippen LogP contribution in [0.15, 0.2) is 267 Å². The molecule has 14 rings (SSSR count). The Labute approximate surface area is 603 Å². The van der Waals surface area contributed by atoms with E-state index in [2.05, 4.69) is 321 Å². The Hall–Kier alpha value is -4.02. The number of halogens is 6. The zero-order valence-corrected chi connectivity index (χ0v) is 64.3. The maximum absolute atomic E-state index is 2.31. The van der Waals surface area contributed by atoms with Gasteiger partial charge in [0.1, 0.15) is 0 Å². The van der Waals surface area contributed by atoms with Crippen molar-refractivity contribution in [2.24, 2.45) is 0 Å². The largest absolute Gasteiger partial charge is 4.00 e. The number of rotatable bonds is 4. The van der Waals surface area contributed by atoms with Gasteiger partial charge in [0.25, 0.3) is 0 Å². The SMILES string of the molecule is C[Si](C)=[Zr+2].C[Si](C)=[Zr+2].Cc1cc2c(-c3ccc4ccccc4c3)cccc2[cH-]1.Cc1cc2c(-c3ccc4ccccc4c3)cccc2[cH-]1.Cc1cc2c(-c3ccccc3)cccc2[cH-]1.Cc1cc2c(-c3ccccc3)cccc2[cH-]1.Cl.Cl.[Cl-].[Cl-].[Cl-].[Cl-].[Zr+4]. The first kappa shape index (κ1) is 79.1. The van der Waals surface area contributed by atoms with E-state index in [1.807, 2.05) is 0 Å². The third-order valence-corrected chi connectivity index (χ3v) is 13.9. The fourth-order valence-corrected chi connectivity index (χ4v) is 10.5. The summed E-state index contributed by atoms with van der Waals surface area (Å²) >= 11 is 3.48. The predicted molar refractivity (Wildman–Crippen MR) is 363 cm³/mol. The van der Waals surface area contributed by atoms with Crippen LogP contribution in [-0.4, -0.2) is 10.9 Å². The Morgan fingerprint density at radius 2 is 0.494 bits per heavy atom. The van der Waals surface area contributed by atoms with Crippen molar-refractivity contribution in [3.8, 4) is 44.5 Å². The first-order valence-corrected chi connectivity index (χ1v) is 39.9. The van der Waals surface area contributed by atoms with Gasteiger partial charge in [0.2, 0.25) is 0 Å². The molecule has 0 heterocycles. The summed E-state index contributed by atoms with van der Waals surface area (Å²) < 4.78 is 0. The Morgan fingerprint density at radius 3 is 0.759 bits per heavy atom. The molecule has 0 aliphatic rings. The first-order valence-electron chi connectivity index (χ1n) is 27.5. The van der Waals surface area contributed by atoms with E-state index in [1.165, 1.54) is 131 Å². The second-order valence-corrected chi connectivity index (χ2v) is 40.0. The van der Waals surface area contributed by atoms with Crippen LogP contribution in [0.3, 0.4) is 0 Å². The molecule has 87 heavy (non-hydrogen) atoms. The van der Waals surface area contributed by atoms with Gasteiger partial charge in [-0.05, 0) is 55.9 Å². The van der Waals surface area contributed by atoms with E-state index in [1.54, 1.807) is 46.7 Å². The summed E-state index contributed by atoms with van der Waals surface area (Å²) in [5.41, 5.74) is 16.2. The molecule has 0 bridgehead atoms. The van der Waals surface area contributed by atoms with E-state index in [4.69, 9.17) is 0 Å². The average Bonchev–Trinajstić information content (AvgIpc) is 4.11. The minimum Gasteiger partial charge on any atom is -1.00 e. The standard InChI is InChI=1S/2C20H15.2C16H13.2C2H6Si.6ClH.3Zr/c2*1-14-11-17-7-4-8-19(20(17)12-14)18-10-9-15-5-2-3-6-16(15)13-18;2*1-12-10-14-8-5-9-15(16(14)11-12)13-6-3-2-4-7-13;2*1-3-2;;;;;;;;;/h2*2-13H,1H3;2*2-11H,1H3;2*1-2H3;6*1H;;;/q4*-1;;;;;;;;;2*+2;+4/p-4. The Bertz CT molecular complexity index is 4120. The average molecular weight is 1530 g/mol. The molecule has 0 spiro atoms. The molecule has 0 aliphatic heterocycles. The molecule has 0 unspecified atom stereocenters. The summed E-state index contributed by atoms with van der Waals surface area (Å²) in [5, 5.41) is 15.9. The molecule has 0 fully saturated rings. The van der Waals surface area contributed by atoms with Gasteiger partial charge in [0.15, 0.2) is 0 Å². The fourth-order valence-electron chi connectivity index (χ4n) is 10.5. The molecule has 0 aliphatic carbocycles. The second-order valence-electron chi connectivity index (χ2n) is 21.2. The van der Waals surface area contributed by atoms with Gasteiger partial charge in [-0.3, -0.25) is 0 Å². The van der Waals surface area contributed by atoms with Crippen molar-refractivity contribution < 1.29 is 123 Å². The maximum Gasteiger partial charge on any atom is 4.00 e. The number of hydrogen-bond acceptors (Lipinski definition) is 0. The van der Waals surface area contributed by atoms with E-state index in [9.17, 15) is 0 Å². The molecule has 0 saturated heterocycles. The number of benzene rings is 10. The number of fused-ring (bicyclic) bond motifs is 6. The second kappa shape index (κ2) is 38.6. The molecule has 0 amide bonds. The molecule has 0 N–H and O–H groups in total. The third kappa shape index (κ3) is 21.6. The first-order chi connectivity index (χ1) is 38.8. The van der Waals surface area contributed by atoms with E-state index in [-0.39, 0.29) is 112 Å². The van der Waals surface area contributed by atoms with Crippen molar-refractivity contribution in [2.45, 2.75) is 53.9 Å². The predicted octanol–water partition coefficient (Wildman–Crippen LogP) is 10.9. The van der Waals surface area contributed by atoms with Crippen molar-refractivity contribution in [1.82, 2.24) is 0 Å². The van der Waals surface area contributed by atoms with E-state index in [0.29, 0.717) is 0 Å². The van der Waals surface area contributed by atoms with Crippen molar-refractivity contribution in [1.29, 1.82) is 0 Å². The van der Waals surface area contributed by atoms with Crippen LogP contribution in [0.1, 0.15) is 22.3 Å². The van der Waals surface area contributed by atoms with E-state index >= 15 is 0 Å². The molecule has 0 atom stereocenters. The molecule has 436 valence electrons.